The molecule has 2 saturated heterocycles. The first-order chi connectivity index (χ1) is 21.1. The molecule has 2 fully saturated rings. The van der Waals surface area contributed by atoms with Crippen LogP contribution in [-0.4, -0.2) is 56.3 Å². The summed E-state index contributed by atoms with van der Waals surface area (Å²) in [5.74, 6) is 0.907. The molecule has 2 aromatic carbocycles. The number of rotatable bonds is 9. The Morgan fingerprint density at radius 3 is 2.72 bits per heavy atom. The summed E-state index contributed by atoms with van der Waals surface area (Å²) in [5.41, 5.74) is 4.97. The number of carboxylic acid groups (broad SMARTS) is 1. The van der Waals surface area contributed by atoms with E-state index in [0.717, 1.165) is 72.5 Å². The molecule has 0 radical (unpaired) electrons. The van der Waals surface area contributed by atoms with Crippen LogP contribution in [-0.2, 0) is 24.4 Å². The zero-order chi connectivity index (χ0) is 29.3. The molecule has 1 atom stereocenters. The number of carbonyl (C=O) groups is 1. The van der Waals surface area contributed by atoms with Crippen molar-refractivity contribution in [1.82, 2.24) is 19.4 Å². The second kappa shape index (κ2) is 11.5. The zero-order valence-corrected chi connectivity index (χ0v) is 23.6. The Balaban J connectivity index is 1.01. The third-order valence-corrected chi connectivity index (χ3v) is 8.57. The van der Waals surface area contributed by atoms with Gasteiger partial charge >= 0.3 is 5.97 Å². The molecule has 10 nitrogen and oxygen atoms in total. The summed E-state index contributed by atoms with van der Waals surface area (Å²) >= 11 is 0. The fraction of sp³-hybridized carbons (Fsp3) is 0.333. The van der Waals surface area contributed by atoms with E-state index < -0.39 is 5.97 Å². The predicted octanol–water partition coefficient (Wildman–Crippen LogP) is 5.49. The Morgan fingerprint density at radius 1 is 1.09 bits per heavy atom. The molecule has 0 bridgehead atoms. The molecule has 5 heterocycles. The lowest BCUT2D eigenvalue weighted by Gasteiger charge is -2.32. The van der Waals surface area contributed by atoms with Gasteiger partial charge in [0.2, 0.25) is 5.88 Å². The number of hydrogen-bond acceptors (Lipinski definition) is 8. The summed E-state index contributed by atoms with van der Waals surface area (Å²) in [6, 6.07) is 18.7. The molecule has 0 saturated carbocycles. The SMILES string of the molecule is N#Cc1ccc(COc2cccc(C3CCN(Cc4nc5ccc(C(=O)O)cc5n4C[C@@H]4CCO4)CC3)n2)c2ccoc12. The van der Waals surface area contributed by atoms with Crippen molar-refractivity contribution < 1.29 is 23.8 Å². The maximum atomic E-state index is 11.6. The highest BCUT2D eigenvalue weighted by Gasteiger charge is 2.26. The molecule has 2 aliphatic rings. The second-order valence-electron chi connectivity index (χ2n) is 11.2. The van der Waals surface area contributed by atoms with Gasteiger partial charge in [0.05, 0.1) is 47.6 Å². The highest BCUT2D eigenvalue weighted by Crippen LogP contribution is 2.30. The third-order valence-electron chi connectivity index (χ3n) is 8.57. The van der Waals surface area contributed by atoms with Crippen LogP contribution >= 0.6 is 0 Å². The summed E-state index contributed by atoms with van der Waals surface area (Å²) in [4.78, 5) is 23.8. The van der Waals surface area contributed by atoms with Gasteiger partial charge < -0.3 is 23.6 Å². The number of ether oxygens (including phenoxy) is 2. The topological polar surface area (TPSA) is 127 Å². The minimum atomic E-state index is -0.939. The lowest BCUT2D eigenvalue weighted by molar-refractivity contribution is -0.0592. The van der Waals surface area contributed by atoms with E-state index in [1.807, 2.05) is 24.3 Å². The number of fused-ring (bicyclic) bond motifs is 2. The number of likely N-dealkylation sites (tertiary alicyclic amines) is 1. The van der Waals surface area contributed by atoms with Crippen LogP contribution in [0.1, 0.15) is 58.2 Å². The van der Waals surface area contributed by atoms with Gasteiger partial charge in [-0.3, -0.25) is 4.90 Å². The second-order valence-corrected chi connectivity index (χ2v) is 11.2. The average Bonchev–Trinajstić information content (AvgIpc) is 3.63. The van der Waals surface area contributed by atoms with E-state index >= 15 is 0 Å². The molecule has 0 unspecified atom stereocenters. The molecule has 5 aromatic rings. The molecular formula is C33H31N5O5. The molecule has 0 aliphatic carbocycles. The van der Waals surface area contributed by atoms with Crippen LogP contribution in [0.3, 0.4) is 0 Å². The van der Waals surface area contributed by atoms with Gasteiger partial charge in [-0.25, -0.2) is 14.8 Å². The number of aromatic carboxylic acids is 1. The van der Waals surface area contributed by atoms with E-state index in [1.165, 1.54) is 0 Å². The maximum Gasteiger partial charge on any atom is 0.335 e. The van der Waals surface area contributed by atoms with Crippen molar-refractivity contribution in [3.05, 3.63) is 89.1 Å². The number of benzene rings is 2. The summed E-state index contributed by atoms with van der Waals surface area (Å²) in [6.45, 7) is 4.29. The quantitative estimate of drug-likeness (QED) is 0.242. The van der Waals surface area contributed by atoms with Crippen LogP contribution in [0.2, 0.25) is 0 Å². The minimum absolute atomic E-state index is 0.138. The van der Waals surface area contributed by atoms with E-state index in [9.17, 15) is 15.2 Å². The number of hydrogen-bond donors (Lipinski definition) is 1. The largest absolute Gasteiger partial charge is 0.478 e. The maximum absolute atomic E-state index is 11.6. The molecule has 43 heavy (non-hydrogen) atoms. The van der Waals surface area contributed by atoms with Gasteiger partial charge in [-0.1, -0.05) is 12.1 Å². The summed E-state index contributed by atoms with van der Waals surface area (Å²) in [6.07, 6.45) is 4.67. The first kappa shape index (κ1) is 27.1. The Labute approximate surface area is 248 Å². The Hall–Kier alpha value is -4.72. The molecule has 10 heteroatoms. The molecule has 2 aliphatic heterocycles. The van der Waals surface area contributed by atoms with Gasteiger partial charge in [-0.2, -0.15) is 5.26 Å². The predicted molar refractivity (Wildman–Crippen MR) is 158 cm³/mol. The number of furan rings is 1. The molecule has 0 spiro atoms. The van der Waals surface area contributed by atoms with E-state index in [-0.39, 0.29) is 11.7 Å². The first-order valence-corrected chi connectivity index (χ1v) is 14.6. The zero-order valence-electron chi connectivity index (χ0n) is 23.6. The Morgan fingerprint density at radius 2 is 1.95 bits per heavy atom. The van der Waals surface area contributed by atoms with Crippen LogP contribution in [0.4, 0.5) is 0 Å². The number of piperidine rings is 1. The third kappa shape index (κ3) is 5.45. The lowest BCUT2D eigenvalue weighted by Crippen LogP contribution is -2.35. The van der Waals surface area contributed by atoms with Crippen molar-refractivity contribution in [1.29, 1.82) is 5.26 Å². The van der Waals surface area contributed by atoms with Crippen molar-refractivity contribution >= 4 is 28.0 Å². The normalized spacial score (nSPS) is 17.6. The molecule has 218 valence electrons. The van der Waals surface area contributed by atoms with Crippen LogP contribution < -0.4 is 4.74 Å². The van der Waals surface area contributed by atoms with Gasteiger partial charge in [0.1, 0.15) is 18.5 Å². The molecular weight excluding hydrogens is 546 g/mol. The Bertz CT molecular complexity index is 1840. The smallest absolute Gasteiger partial charge is 0.335 e. The summed E-state index contributed by atoms with van der Waals surface area (Å²) in [5, 5.41) is 19.7. The van der Waals surface area contributed by atoms with Crippen LogP contribution in [0.15, 0.2) is 65.3 Å². The van der Waals surface area contributed by atoms with Crippen molar-refractivity contribution in [2.75, 3.05) is 19.7 Å². The highest BCUT2D eigenvalue weighted by molar-refractivity contribution is 5.92. The van der Waals surface area contributed by atoms with E-state index in [0.29, 0.717) is 42.6 Å². The van der Waals surface area contributed by atoms with Gasteiger partial charge in [-0.15, -0.1) is 0 Å². The van der Waals surface area contributed by atoms with Crippen LogP contribution in [0.25, 0.3) is 22.0 Å². The lowest BCUT2D eigenvalue weighted by atomic mass is 9.93. The van der Waals surface area contributed by atoms with Gasteiger partial charge in [-0.05, 0) is 68.8 Å². The van der Waals surface area contributed by atoms with Crippen molar-refractivity contribution in [2.45, 2.75) is 51.0 Å². The molecule has 3 aromatic heterocycles. The number of nitriles is 1. The highest BCUT2D eigenvalue weighted by atomic mass is 16.5. The number of nitrogens with zero attached hydrogens (tertiary/aromatic N) is 5. The monoisotopic (exact) mass is 577 g/mol. The van der Waals surface area contributed by atoms with Crippen molar-refractivity contribution in [3.8, 4) is 11.9 Å². The summed E-state index contributed by atoms with van der Waals surface area (Å²) < 4.78 is 19.4. The fourth-order valence-corrected chi connectivity index (χ4v) is 6.07. The molecule has 7 rings (SSSR count). The first-order valence-electron chi connectivity index (χ1n) is 14.6. The van der Waals surface area contributed by atoms with E-state index in [1.54, 1.807) is 30.5 Å². The van der Waals surface area contributed by atoms with Crippen LogP contribution in [0.5, 0.6) is 5.88 Å². The number of carboxylic acids is 1. The van der Waals surface area contributed by atoms with Gasteiger partial charge in [0, 0.05) is 35.2 Å². The van der Waals surface area contributed by atoms with Gasteiger partial charge in [0.15, 0.2) is 5.58 Å². The van der Waals surface area contributed by atoms with E-state index in [2.05, 4.69) is 21.6 Å². The number of aromatic nitrogens is 3. The molecule has 0 amide bonds. The number of imidazole rings is 1. The fourth-order valence-electron chi connectivity index (χ4n) is 6.07. The van der Waals surface area contributed by atoms with Crippen molar-refractivity contribution in [3.63, 3.8) is 0 Å². The average molecular weight is 578 g/mol. The van der Waals surface area contributed by atoms with E-state index in [4.69, 9.17) is 23.9 Å². The molecule has 1 N–H and O–H groups in total. The minimum Gasteiger partial charge on any atom is -0.478 e. The standard InChI is InChI=1S/C33H31N5O5/c34-17-23-4-5-24(26-11-15-42-32(23)26)20-43-31-3-1-2-27(36-31)21-8-12-37(13-9-21)19-30-35-28-7-6-22(33(39)40)16-29(28)38(30)18-25-10-14-41-25/h1-7,11,15-16,21,25H,8-10,12-14,18-20H2,(H,39,40)/t25-/m0/s1. The van der Waals surface area contributed by atoms with Gasteiger partial charge in [0.25, 0.3) is 0 Å². The number of pyridine rings is 1. The van der Waals surface area contributed by atoms with Crippen molar-refractivity contribution in [2.24, 2.45) is 0 Å². The van der Waals surface area contributed by atoms with Crippen LogP contribution in [0, 0.1) is 11.3 Å². The summed E-state index contributed by atoms with van der Waals surface area (Å²) in [7, 11) is 0. The Kier molecular flexibility index (Phi) is 7.27.